The third-order valence-corrected chi connectivity index (χ3v) is 8.81. The zero-order valence-electron chi connectivity index (χ0n) is 19.3. The summed E-state index contributed by atoms with van der Waals surface area (Å²) in [5, 5.41) is 4.16. The third-order valence-electron chi connectivity index (χ3n) is 8.81. The van der Waals surface area contributed by atoms with E-state index in [0.717, 1.165) is 43.3 Å². The van der Waals surface area contributed by atoms with E-state index in [4.69, 9.17) is 0 Å². The average Bonchev–Trinajstić information content (AvgIpc) is 3.37. The minimum absolute atomic E-state index is 0.218. The predicted molar refractivity (Wildman–Crippen MR) is 129 cm³/mol. The van der Waals surface area contributed by atoms with E-state index in [-0.39, 0.29) is 5.54 Å². The van der Waals surface area contributed by atoms with Crippen molar-refractivity contribution >= 4 is 5.95 Å². The maximum Gasteiger partial charge on any atom is 0.225 e. The normalized spacial score (nSPS) is 27.9. The quantitative estimate of drug-likeness (QED) is 0.779. The highest BCUT2D eigenvalue weighted by atomic mass is 15.3. The Morgan fingerprint density at radius 1 is 0.906 bits per heavy atom. The van der Waals surface area contributed by atoms with E-state index in [2.05, 4.69) is 49.4 Å². The molecular formula is C27H37N5. The summed E-state index contributed by atoms with van der Waals surface area (Å²) in [5.74, 6) is 3.22. The second kappa shape index (κ2) is 8.75. The van der Waals surface area contributed by atoms with Crippen LogP contribution in [-0.2, 0) is 12.0 Å². The third kappa shape index (κ3) is 3.63. The molecule has 4 heterocycles. The topological polar surface area (TPSA) is 44.3 Å². The highest BCUT2D eigenvalue weighted by Crippen LogP contribution is 2.50. The SMILES string of the molecule is c1cnc(N2CC(CN3CCC(C4(C5CCCC5)NCCc5ccccc54)CC3)C2)nc1. The number of hydrogen-bond donors (Lipinski definition) is 1. The Morgan fingerprint density at radius 2 is 1.62 bits per heavy atom. The van der Waals surface area contributed by atoms with Gasteiger partial charge in [-0.3, -0.25) is 0 Å². The first-order valence-corrected chi connectivity index (χ1v) is 12.9. The van der Waals surface area contributed by atoms with Crippen molar-refractivity contribution in [2.75, 3.05) is 44.2 Å². The van der Waals surface area contributed by atoms with Gasteiger partial charge in [0.2, 0.25) is 5.95 Å². The molecule has 1 saturated carbocycles. The smallest absolute Gasteiger partial charge is 0.225 e. The summed E-state index contributed by atoms with van der Waals surface area (Å²) in [6.07, 6.45) is 13.2. The largest absolute Gasteiger partial charge is 0.340 e. The number of likely N-dealkylation sites (tertiary alicyclic amines) is 1. The van der Waals surface area contributed by atoms with Gasteiger partial charge in [-0.1, -0.05) is 37.1 Å². The summed E-state index contributed by atoms with van der Waals surface area (Å²) in [6.45, 7) is 7.09. The molecule has 0 amide bonds. The van der Waals surface area contributed by atoms with Crippen molar-refractivity contribution in [3.63, 3.8) is 0 Å². The highest BCUT2D eigenvalue weighted by molar-refractivity contribution is 5.38. The zero-order chi connectivity index (χ0) is 21.4. The number of nitrogens with zero attached hydrogens (tertiary/aromatic N) is 4. The molecule has 3 fully saturated rings. The van der Waals surface area contributed by atoms with Crippen LogP contribution in [-0.4, -0.2) is 54.1 Å². The van der Waals surface area contributed by atoms with Crippen LogP contribution >= 0.6 is 0 Å². The summed E-state index contributed by atoms with van der Waals surface area (Å²) < 4.78 is 0. The van der Waals surface area contributed by atoms with Crippen LogP contribution < -0.4 is 10.2 Å². The molecule has 1 atom stereocenters. The van der Waals surface area contributed by atoms with Gasteiger partial charge in [0.15, 0.2) is 0 Å². The molecule has 1 N–H and O–H groups in total. The summed E-state index contributed by atoms with van der Waals surface area (Å²) in [7, 11) is 0. The second-order valence-electron chi connectivity index (χ2n) is 10.6. The van der Waals surface area contributed by atoms with Crippen LogP contribution in [0.1, 0.15) is 49.7 Å². The molecule has 5 nitrogen and oxygen atoms in total. The summed E-state index contributed by atoms with van der Waals surface area (Å²) in [4.78, 5) is 13.9. The van der Waals surface area contributed by atoms with Gasteiger partial charge in [0.1, 0.15) is 0 Å². The van der Waals surface area contributed by atoms with Crippen LogP contribution in [0.2, 0.25) is 0 Å². The number of aromatic nitrogens is 2. The summed E-state index contributed by atoms with van der Waals surface area (Å²) >= 11 is 0. The fourth-order valence-corrected chi connectivity index (χ4v) is 7.32. The van der Waals surface area contributed by atoms with Gasteiger partial charge in [-0.15, -0.1) is 0 Å². The molecule has 32 heavy (non-hydrogen) atoms. The molecule has 1 aliphatic carbocycles. The highest BCUT2D eigenvalue weighted by Gasteiger charge is 2.50. The molecule has 0 radical (unpaired) electrons. The molecule has 2 saturated heterocycles. The molecule has 1 aromatic heterocycles. The Labute approximate surface area is 192 Å². The van der Waals surface area contributed by atoms with Crippen molar-refractivity contribution in [3.05, 3.63) is 53.9 Å². The summed E-state index contributed by atoms with van der Waals surface area (Å²) in [5.41, 5.74) is 3.47. The number of hydrogen-bond acceptors (Lipinski definition) is 5. The molecule has 1 aromatic carbocycles. The van der Waals surface area contributed by atoms with Crippen molar-refractivity contribution in [1.29, 1.82) is 0 Å². The van der Waals surface area contributed by atoms with Gasteiger partial charge in [-0.25, -0.2) is 9.97 Å². The Hall–Kier alpha value is -1.98. The number of fused-ring (bicyclic) bond motifs is 1. The Bertz CT molecular complexity index is 897. The van der Waals surface area contributed by atoms with Crippen molar-refractivity contribution in [1.82, 2.24) is 20.2 Å². The van der Waals surface area contributed by atoms with Crippen LogP contribution in [0.4, 0.5) is 5.95 Å². The van der Waals surface area contributed by atoms with E-state index >= 15 is 0 Å². The standard InChI is InChI=1S/C27H37N5/c1-4-9-25-22(6-1)10-15-30-27(25,23-7-2-3-8-23)24-11-16-31(17-12-24)18-21-19-32(20-21)26-28-13-5-14-29-26/h1,4-6,9,13-14,21,23-24,30H,2-3,7-8,10-12,15-20H2. The monoisotopic (exact) mass is 431 g/mol. The second-order valence-corrected chi connectivity index (χ2v) is 10.6. The number of rotatable bonds is 5. The van der Waals surface area contributed by atoms with Gasteiger partial charge in [0, 0.05) is 50.0 Å². The molecule has 0 bridgehead atoms. The first-order chi connectivity index (χ1) is 15.8. The van der Waals surface area contributed by atoms with Gasteiger partial charge in [-0.05, 0) is 74.2 Å². The van der Waals surface area contributed by atoms with E-state index in [0.29, 0.717) is 0 Å². The molecular weight excluding hydrogens is 394 g/mol. The Kier molecular flexibility index (Phi) is 5.64. The lowest BCUT2D eigenvalue weighted by atomic mass is 9.63. The zero-order valence-corrected chi connectivity index (χ0v) is 19.3. The molecule has 5 heteroatoms. The van der Waals surface area contributed by atoms with Crippen LogP contribution in [0.25, 0.3) is 0 Å². The number of nitrogens with one attached hydrogen (secondary N) is 1. The lowest BCUT2D eigenvalue weighted by Gasteiger charge is -2.52. The van der Waals surface area contributed by atoms with Crippen molar-refractivity contribution in [3.8, 4) is 0 Å². The minimum atomic E-state index is 0.218. The molecule has 1 unspecified atom stereocenters. The van der Waals surface area contributed by atoms with Crippen molar-refractivity contribution < 1.29 is 0 Å². The Balaban J connectivity index is 1.11. The average molecular weight is 432 g/mol. The number of anilines is 1. The molecule has 6 rings (SSSR count). The first kappa shape index (κ1) is 20.6. The van der Waals surface area contributed by atoms with Gasteiger partial charge in [0.05, 0.1) is 0 Å². The van der Waals surface area contributed by atoms with Crippen molar-refractivity contribution in [2.24, 2.45) is 17.8 Å². The van der Waals surface area contributed by atoms with Crippen LogP contribution in [0.3, 0.4) is 0 Å². The Morgan fingerprint density at radius 3 is 2.41 bits per heavy atom. The van der Waals surface area contributed by atoms with Gasteiger partial charge >= 0.3 is 0 Å². The molecule has 2 aromatic rings. The fourth-order valence-electron chi connectivity index (χ4n) is 7.32. The van der Waals surface area contributed by atoms with Crippen LogP contribution in [0, 0.1) is 17.8 Å². The van der Waals surface area contributed by atoms with E-state index in [1.54, 1.807) is 11.1 Å². The lowest BCUT2D eigenvalue weighted by molar-refractivity contribution is 0.0492. The van der Waals surface area contributed by atoms with Gasteiger partial charge in [0.25, 0.3) is 0 Å². The molecule has 170 valence electrons. The minimum Gasteiger partial charge on any atom is -0.340 e. The maximum absolute atomic E-state index is 4.40. The van der Waals surface area contributed by atoms with E-state index < -0.39 is 0 Å². The van der Waals surface area contributed by atoms with Crippen molar-refractivity contribution in [2.45, 2.75) is 50.5 Å². The number of benzene rings is 1. The molecule has 0 spiro atoms. The van der Waals surface area contributed by atoms with Gasteiger partial charge in [-0.2, -0.15) is 0 Å². The van der Waals surface area contributed by atoms with Gasteiger partial charge < -0.3 is 15.1 Å². The van der Waals surface area contributed by atoms with Crippen LogP contribution in [0.5, 0.6) is 0 Å². The maximum atomic E-state index is 4.40. The molecule has 3 aliphatic heterocycles. The first-order valence-electron chi connectivity index (χ1n) is 12.9. The number of piperidine rings is 1. The fraction of sp³-hybridized carbons (Fsp3) is 0.630. The van der Waals surface area contributed by atoms with E-state index in [1.807, 2.05) is 18.5 Å². The van der Waals surface area contributed by atoms with E-state index in [1.165, 1.54) is 64.6 Å². The molecule has 4 aliphatic rings. The lowest BCUT2D eigenvalue weighted by Crippen LogP contribution is -2.59. The van der Waals surface area contributed by atoms with E-state index in [9.17, 15) is 0 Å². The summed E-state index contributed by atoms with van der Waals surface area (Å²) in [6, 6.07) is 11.3. The predicted octanol–water partition coefficient (Wildman–Crippen LogP) is 3.86. The van der Waals surface area contributed by atoms with Crippen LogP contribution in [0.15, 0.2) is 42.7 Å².